The molecule has 2 aromatic carbocycles. The predicted octanol–water partition coefficient (Wildman–Crippen LogP) is 4.94. The molecule has 7 heteroatoms. The SMILES string of the molecule is O=[N+]([O-])c1ccc(Oc2cc(F)cc(Br)c2)c(Cl)c1. The van der Waals surface area contributed by atoms with Crippen LogP contribution in [-0.2, 0) is 0 Å². The smallest absolute Gasteiger partial charge is 0.271 e. The molecule has 0 aliphatic heterocycles. The van der Waals surface area contributed by atoms with Crippen molar-refractivity contribution in [3.63, 3.8) is 0 Å². The Morgan fingerprint density at radius 3 is 2.58 bits per heavy atom. The van der Waals surface area contributed by atoms with Crippen molar-refractivity contribution in [3.8, 4) is 11.5 Å². The molecule has 0 aliphatic rings. The van der Waals surface area contributed by atoms with E-state index in [2.05, 4.69) is 15.9 Å². The van der Waals surface area contributed by atoms with Crippen LogP contribution < -0.4 is 4.74 Å². The Bertz CT molecular complexity index is 631. The quantitative estimate of drug-likeness (QED) is 0.584. The molecule has 0 atom stereocenters. The van der Waals surface area contributed by atoms with Gasteiger partial charge in [-0.05, 0) is 18.2 Å². The van der Waals surface area contributed by atoms with Crippen molar-refractivity contribution in [3.05, 3.63) is 61.8 Å². The number of rotatable bonds is 3. The maximum Gasteiger partial charge on any atom is 0.271 e. The highest BCUT2D eigenvalue weighted by molar-refractivity contribution is 9.10. The van der Waals surface area contributed by atoms with Crippen LogP contribution in [0, 0.1) is 15.9 Å². The number of non-ortho nitro benzene ring substituents is 1. The Morgan fingerprint density at radius 2 is 2.00 bits per heavy atom. The molecule has 0 aromatic heterocycles. The summed E-state index contributed by atoms with van der Waals surface area (Å²) in [6.07, 6.45) is 0. The number of halogens is 3. The van der Waals surface area contributed by atoms with Gasteiger partial charge in [-0.1, -0.05) is 27.5 Å². The number of nitro benzene ring substituents is 1. The first kappa shape index (κ1) is 13.8. The number of nitrogens with zero attached hydrogens (tertiary/aromatic N) is 1. The van der Waals surface area contributed by atoms with E-state index >= 15 is 0 Å². The lowest BCUT2D eigenvalue weighted by atomic mass is 10.3. The number of ether oxygens (including phenoxy) is 1. The molecule has 19 heavy (non-hydrogen) atoms. The van der Waals surface area contributed by atoms with Crippen LogP contribution in [0.3, 0.4) is 0 Å². The number of nitro groups is 1. The fraction of sp³-hybridized carbons (Fsp3) is 0. The fourth-order valence-electron chi connectivity index (χ4n) is 1.40. The van der Waals surface area contributed by atoms with E-state index < -0.39 is 10.7 Å². The zero-order valence-corrected chi connectivity index (χ0v) is 11.6. The van der Waals surface area contributed by atoms with E-state index in [4.69, 9.17) is 16.3 Å². The van der Waals surface area contributed by atoms with E-state index in [-0.39, 0.29) is 22.2 Å². The van der Waals surface area contributed by atoms with Crippen molar-refractivity contribution in [2.24, 2.45) is 0 Å². The maximum absolute atomic E-state index is 13.2. The fourth-order valence-corrected chi connectivity index (χ4v) is 2.06. The van der Waals surface area contributed by atoms with E-state index in [1.165, 1.54) is 30.3 Å². The number of hydrogen-bond donors (Lipinski definition) is 0. The molecule has 0 amide bonds. The van der Waals surface area contributed by atoms with Crippen molar-refractivity contribution < 1.29 is 14.1 Å². The van der Waals surface area contributed by atoms with E-state index in [0.29, 0.717) is 4.47 Å². The Labute approximate surface area is 121 Å². The van der Waals surface area contributed by atoms with Gasteiger partial charge in [0.15, 0.2) is 0 Å². The van der Waals surface area contributed by atoms with E-state index in [1.54, 1.807) is 6.07 Å². The highest BCUT2D eigenvalue weighted by atomic mass is 79.9. The Hall–Kier alpha value is -1.66. The standard InChI is InChI=1S/C12H6BrClFNO3/c13-7-3-8(15)5-10(4-7)19-12-2-1-9(16(17)18)6-11(12)14/h1-6H. The average Bonchev–Trinajstić information content (AvgIpc) is 2.30. The summed E-state index contributed by atoms with van der Waals surface area (Å²) in [4.78, 5) is 10.0. The van der Waals surface area contributed by atoms with Crippen molar-refractivity contribution in [1.82, 2.24) is 0 Å². The normalized spacial score (nSPS) is 10.3. The van der Waals surface area contributed by atoms with Crippen LogP contribution in [0.15, 0.2) is 40.9 Å². The summed E-state index contributed by atoms with van der Waals surface area (Å²) in [5.74, 6) is -0.0187. The van der Waals surface area contributed by atoms with Crippen molar-refractivity contribution in [2.75, 3.05) is 0 Å². The van der Waals surface area contributed by atoms with Crippen LogP contribution in [0.5, 0.6) is 11.5 Å². The molecule has 0 aliphatic carbocycles. The summed E-state index contributed by atoms with van der Waals surface area (Å²) >= 11 is 9.00. The third-order valence-corrected chi connectivity index (χ3v) is 2.94. The minimum atomic E-state index is -0.561. The van der Waals surface area contributed by atoms with Gasteiger partial charge in [0.25, 0.3) is 5.69 Å². The summed E-state index contributed by atoms with van der Waals surface area (Å²) < 4.78 is 19.1. The summed E-state index contributed by atoms with van der Waals surface area (Å²) in [5, 5.41) is 10.6. The molecule has 0 radical (unpaired) electrons. The summed E-state index contributed by atoms with van der Waals surface area (Å²) in [5.41, 5.74) is -0.141. The summed E-state index contributed by atoms with van der Waals surface area (Å²) in [6, 6.07) is 7.81. The third-order valence-electron chi connectivity index (χ3n) is 2.19. The van der Waals surface area contributed by atoms with Crippen molar-refractivity contribution in [2.45, 2.75) is 0 Å². The minimum Gasteiger partial charge on any atom is -0.456 e. The highest BCUT2D eigenvalue weighted by Gasteiger charge is 2.11. The second-order valence-electron chi connectivity index (χ2n) is 3.58. The van der Waals surface area contributed by atoms with Gasteiger partial charge in [-0.3, -0.25) is 10.1 Å². The molecule has 0 N–H and O–H groups in total. The zero-order valence-electron chi connectivity index (χ0n) is 9.27. The summed E-state index contributed by atoms with van der Waals surface area (Å²) in [6.45, 7) is 0. The van der Waals surface area contributed by atoms with Crippen molar-refractivity contribution in [1.29, 1.82) is 0 Å². The maximum atomic E-state index is 13.2. The molecule has 0 saturated heterocycles. The lowest BCUT2D eigenvalue weighted by molar-refractivity contribution is -0.384. The third kappa shape index (κ3) is 3.42. The topological polar surface area (TPSA) is 52.4 Å². The van der Waals surface area contributed by atoms with Crippen LogP contribution in [0.25, 0.3) is 0 Å². The Kier molecular flexibility index (Phi) is 4.01. The summed E-state index contributed by atoms with van der Waals surface area (Å²) in [7, 11) is 0. The van der Waals surface area contributed by atoms with Crippen LogP contribution in [0.2, 0.25) is 5.02 Å². The molecular weight excluding hydrogens is 340 g/mol. The molecule has 0 bridgehead atoms. The first-order chi connectivity index (χ1) is 8.95. The van der Waals surface area contributed by atoms with Gasteiger partial charge in [0.2, 0.25) is 0 Å². The Morgan fingerprint density at radius 1 is 1.26 bits per heavy atom. The molecule has 0 heterocycles. The molecule has 0 fully saturated rings. The van der Waals surface area contributed by atoms with Crippen LogP contribution in [0.1, 0.15) is 0 Å². The zero-order chi connectivity index (χ0) is 14.0. The largest absolute Gasteiger partial charge is 0.456 e. The van der Waals surface area contributed by atoms with Crippen LogP contribution >= 0.6 is 27.5 Å². The second kappa shape index (κ2) is 5.54. The molecule has 2 aromatic rings. The van der Waals surface area contributed by atoms with Gasteiger partial charge in [0, 0.05) is 22.7 Å². The number of benzene rings is 2. The number of hydrogen-bond acceptors (Lipinski definition) is 3. The molecule has 98 valence electrons. The van der Waals surface area contributed by atoms with Gasteiger partial charge in [-0.2, -0.15) is 0 Å². The predicted molar refractivity (Wildman–Crippen MR) is 72.3 cm³/mol. The van der Waals surface area contributed by atoms with Gasteiger partial charge < -0.3 is 4.74 Å². The molecule has 0 spiro atoms. The van der Waals surface area contributed by atoms with E-state index in [1.807, 2.05) is 0 Å². The van der Waals surface area contributed by atoms with Crippen LogP contribution in [0.4, 0.5) is 10.1 Å². The van der Waals surface area contributed by atoms with Gasteiger partial charge >= 0.3 is 0 Å². The molecule has 0 saturated carbocycles. The van der Waals surface area contributed by atoms with Gasteiger partial charge in [-0.15, -0.1) is 0 Å². The van der Waals surface area contributed by atoms with Gasteiger partial charge in [-0.25, -0.2) is 4.39 Å². The lowest BCUT2D eigenvalue weighted by Gasteiger charge is -2.08. The molecule has 2 rings (SSSR count). The average molecular weight is 347 g/mol. The van der Waals surface area contributed by atoms with Crippen molar-refractivity contribution >= 4 is 33.2 Å². The molecule has 4 nitrogen and oxygen atoms in total. The molecule has 0 unspecified atom stereocenters. The van der Waals surface area contributed by atoms with Gasteiger partial charge in [0.05, 0.1) is 9.95 Å². The molecular formula is C12H6BrClFNO3. The van der Waals surface area contributed by atoms with Gasteiger partial charge in [0.1, 0.15) is 17.3 Å². The second-order valence-corrected chi connectivity index (χ2v) is 4.90. The Balaban J connectivity index is 2.30. The van der Waals surface area contributed by atoms with E-state index in [0.717, 1.165) is 0 Å². The first-order valence-electron chi connectivity index (χ1n) is 5.03. The first-order valence-corrected chi connectivity index (χ1v) is 6.20. The monoisotopic (exact) mass is 345 g/mol. The van der Waals surface area contributed by atoms with Crippen LogP contribution in [-0.4, -0.2) is 4.92 Å². The van der Waals surface area contributed by atoms with E-state index in [9.17, 15) is 14.5 Å². The highest BCUT2D eigenvalue weighted by Crippen LogP contribution is 2.33. The minimum absolute atomic E-state index is 0.0783. The lowest BCUT2D eigenvalue weighted by Crippen LogP contribution is -1.90.